The number of ether oxygens (including phenoxy) is 2. The number of amides is 2. The Morgan fingerprint density at radius 1 is 1.22 bits per heavy atom. The van der Waals surface area contributed by atoms with Gasteiger partial charge >= 0.3 is 6.09 Å². The van der Waals surface area contributed by atoms with Crippen LogP contribution in [0.5, 0.6) is 0 Å². The molecule has 1 aromatic carbocycles. The Bertz CT molecular complexity index is 526. The minimum Gasteiger partial charge on any atom is -0.444 e. The summed E-state index contributed by atoms with van der Waals surface area (Å²) in [6, 6.07) is 7.00. The normalized spacial score (nSPS) is 12.4. The maximum atomic E-state index is 12.2. The van der Waals surface area contributed by atoms with Gasteiger partial charge in [0.05, 0.1) is 6.61 Å². The zero-order valence-corrected chi connectivity index (χ0v) is 16.0. The Labute approximate surface area is 150 Å². The zero-order chi connectivity index (χ0) is 17.5. The molecular formula is C16H23IN2O4. The lowest BCUT2D eigenvalue weighted by molar-refractivity contribution is -0.124. The Morgan fingerprint density at radius 2 is 1.83 bits per heavy atom. The Morgan fingerprint density at radius 3 is 2.35 bits per heavy atom. The van der Waals surface area contributed by atoms with Crippen LogP contribution < -0.4 is 10.6 Å². The van der Waals surface area contributed by atoms with Crippen molar-refractivity contribution in [2.24, 2.45) is 0 Å². The molecule has 0 bridgehead atoms. The highest BCUT2D eigenvalue weighted by Gasteiger charge is 2.24. The van der Waals surface area contributed by atoms with Crippen LogP contribution in [0.15, 0.2) is 24.3 Å². The molecule has 128 valence electrons. The molecule has 6 nitrogen and oxygen atoms in total. The smallest absolute Gasteiger partial charge is 0.408 e. The van der Waals surface area contributed by atoms with Crippen LogP contribution in [0.3, 0.4) is 0 Å². The van der Waals surface area contributed by atoms with Gasteiger partial charge in [-0.15, -0.1) is 0 Å². The first-order chi connectivity index (χ1) is 10.7. The van der Waals surface area contributed by atoms with Crippen LogP contribution in [0.1, 0.15) is 26.3 Å². The van der Waals surface area contributed by atoms with Gasteiger partial charge in [0.25, 0.3) is 0 Å². The van der Waals surface area contributed by atoms with E-state index in [1.165, 1.54) is 7.11 Å². The molecule has 0 heterocycles. The number of carbonyl (C=O) groups is 2. The topological polar surface area (TPSA) is 76.7 Å². The van der Waals surface area contributed by atoms with Crippen LogP contribution >= 0.6 is 22.6 Å². The largest absolute Gasteiger partial charge is 0.444 e. The predicted molar refractivity (Wildman–Crippen MR) is 96.0 cm³/mol. The van der Waals surface area contributed by atoms with Crippen LogP contribution in [-0.2, 0) is 20.8 Å². The van der Waals surface area contributed by atoms with Gasteiger partial charge in [-0.2, -0.15) is 0 Å². The monoisotopic (exact) mass is 434 g/mol. The van der Waals surface area contributed by atoms with Gasteiger partial charge in [0, 0.05) is 17.2 Å². The molecule has 0 spiro atoms. The third kappa shape index (κ3) is 8.17. The van der Waals surface area contributed by atoms with Gasteiger partial charge in [-0.1, -0.05) is 12.1 Å². The number of carbonyl (C=O) groups excluding carboxylic acids is 2. The fourth-order valence-corrected chi connectivity index (χ4v) is 2.07. The third-order valence-corrected chi connectivity index (χ3v) is 3.44. The van der Waals surface area contributed by atoms with Crippen molar-refractivity contribution in [3.8, 4) is 0 Å². The summed E-state index contributed by atoms with van der Waals surface area (Å²) in [4.78, 5) is 24.0. The molecule has 2 amide bonds. The van der Waals surface area contributed by atoms with Gasteiger partial charge in [-0.25, -0.2) is 4.79 Å². The van der Waals surface area contributed by atoms with Crippen molar-refractivity contribution in [2.45, 2.75) is 39.0 Å². The Hall–Kier alpha value is -1.35. The summed E-state index contributed by atoms with van der Waals surface area (Å²) in [5, 5.41) is 5.30. The van der Waals surface area contributed by atoms with E-state index in [-0.39, 0.29) is 12.5 Å². The molecule has 0 fully saturated rings. The number of benzene rings is 1. The molecule has 0 aliphatic heterocycles. The van der Waals surface area contributed by atoms with Crippen molar-refractivity contribution in [3.05, 3.63) is 33.4 Å². The first-order valence-electron chi connectivity index (χ1n) is 7.22. The lowest BCUT2D eigenvalue weighted by Gasteiger charge is -2.23. The van der Waals surface area contributed by atoms with E-state index in [4.69, 9.17) is 9.47 Å². The van der Waals surface area contributed by atoms with E-state index < -0.39 is 17.7 Å². The summed E-state index contributed by atoms with van der Waals surface area (Å²) < 4.78 is 11.3. The fraction of sp³-hybridized carbons (Fsp3) is 0.500. The van der Waals surface area contributed by atoms with Gasteiger partial charge in [-0.3, -0.25) is 4.79 Å². The number of hydrogen-bond acceptors (Lipinski definition) is 4. The summed E-state index contributed by atoms with van der Waals surface area (Å²) in [6.45, 7) is 5.72. The van der Waals surface area contributed by atoms with Gasteiger partial charge in [0.15, 0.2) is 0 Å². The molecule has 0 aliphatic carbocycles. The van der Waals surface area contributed by atoms with Crippen molar-refractivity contribution in [1.82, 2.24) is 10.6 Å². The quantitative estimate of drug-likeness (QED) is 0.675. The summed E-state index contributed by atoms with van der Waals surface area (Å²) in [7, 11) is 1.47. The van der Waals surface area contributed by atoms with Gasteiger partial charge < -0.3 is 20.1 Å². The van der Waals surface area contributed by atoms with Crippen molar-refractivity contribution in [3.63, 3.8) is 0 Å². The van der Waals surface area contributed by atoms with Gasteiger partial charge in [0.1, 0.15) is 11.6 Å². The second kappa shape index (κ2) is 9.07. The summed E-state index contributed by atoms with van der Waals surface area (Å²) in [6.07, 6.45) is -0.649. The SMILES string of the molecule is COCC(NC(=O)OC(C)(C)C)C(=O)NCc1ccc(I)cc1. The predicted octanol–water partition coefficient (Wildman–Crippen LogP) is 2.45. The minimum atomic E-state index is -0.807. The number of rotatable bonds is 6. The summed E-state index contributed by atoms with van der Waals surface area (Å²) in [5.74, 6) is -0.323. The zero-order valence-electron chi connectivity index (χ0n) is 13.8. The van der Waals surface area contributed by atoms with Crippen LogP contribution in [-0.4, -0.2) is 37.4 Å². The van der Waals surface area contributed by atoms with Crippen LogP contribution in [0.2, 0.25) is 0 Å². The second-order valence-corrected chi connectivity index (χ2v) is 7.24. The van der Waals surface area contributed by atoms with Crippen molar-refractivity contribution >= 4 is 34.6 Å². The Kier molecular flexibility index (Phi) is 7.77. The molecule has 7 heteroatoms. The molecular weight excluding hydrogens is 411 g/mol. The van der Waals surface area contributed by atoms with Crippen LogP contribution in [0.25, 0.3) is 0 Å². The van der Waals surface area contributed by atoms with Gasteiger partial charge in [-0.05, 0) is 61.1 Å². The lowest BCUT2D eigenvalue weighted by Crippen LogP contribution is -2.50. The third-order valence-electron chi connectivity index (χ3n) is 2.72. The van der Waals surface area contributed by atoms with Crippen molar-refractivity contribution in [1.29, 1.82) is 0 Å². The molecule has 23 heavy (non-hydrogen) atoms. The summed E-state index contributed by atoms with van der Waals surface area (Å²) in [5.41, 5.74) is 0.353. The number of halogens is 1. The van der Waals surface area contributed by atoms with E-state index in [1.54, 1.807) is 20.8 Å². The van der Waals surface area contributed by atoms with Crippen molar-refractivity contribution in [2.75, 3.05) is 13.7 Å². The van der Waals surface area contributed by atoms with Crippen LogP contribution in [0, 0.1) is 3.57 Å². The molecule has 1 aromatic rings. The molecule has 0 radical (unpaired) electrons. The molecule has 1 atom stereocenters. The van der Waals surface area contributed by atoms with Crippen LogP contribution in [0.4, 0.5) is 4.79 Å². The van der Waals surface area contributed by atoms with Crippen molar-refractivity contribution < 1.29 is 19.1 Å². The summed E-state index contributed by atoms with van der Waals surface area (Å²) >= 11 is 2.22. The maximum Gasteiger partial charge on any atom is 0.408 e. The first kappa shape index (κ1) is 19.7. The molecule has 0 saturated heterocycles. The number of methoxy groups -OCH3 is 1. The van der Waals surface area contributed by atoms with E-state index in [0.29, 0.717) is 6.54 Å². The average Bonchev–Trinajstić information content (AvgIpc) is 2.44. The highest BCUT2D eigenvalue weighted by Crippen LogP contribution is 2.08. The number of hydrogen-bond donors (Lipinski definition) is 2. The minimum absolute atomic E-state index is 0.0672. The van der Waals surface area contributed by atoms with E-state index in [1.807, 2.05) is 24.3 Å². The maximum absolute atomic E-state index is 12.2. The molecule has 0 aliphatic rings. The molecule has 1 unspecified atom stereocenters. The standard InChI is InChI=1S/C16H23IN2O4/c1-16(2,3)23-15(21)19-13(10-22-4)14(20)18-9-11-5-7-12(17)8-6-11/h5-8,13H,9-10H2,1-4H3,(H,18,20)(H,19,21). The van der Waals surface area contributed by atoms with E-state index in [0.717, 1.165) is 9.13 Å². The van der Waals surface area contributed by atoms with E-state index >= 15 is 0 Å². The number of alkyl carbamates (subject to hydrolysis) is 1. The lowest BCUT2D eigenvalue weighted by atomic mass is 10.2. The second-order valence-electron chi connectivity index (χ2n) is 6.00. The van der Waals surface area contributed by atoms with E-state index in [9.17, 15) is 9.59 Å². The fourth-order valence-electron chi connectivity index (χ4n) is 1.71. The first-order valence-corrected chi connectivity index (χ1v) is 8.30. The van der Waals surface area contributed by atoms with E-state index in [2.05, 4.69) is 33.2 Å². The highest BCUT2D eigenvalue weighted by atomic mass is 127. The molecule has 0 saturated carbocycles. The molecule has 2 N–H and O–H groups in total. The Balaban J connectivity index is 2.56. The molecule has 1 rings (SSSR count). The van der Waals surface area contributed by atoms with Gasteiger partial charge in [0.2, 0.25) is 5.91 Å². The number of nitrogens with one attached hydrogen (secondary N) is 2. The molecule has 0 aromatic heterocycles. The average molecular weight is 434 g/mol. The highest BCUT2D eigenvalue weighted by molar-refractivity contribution is 14.1.